The maximum absolute atomic E-state index is 2.61. The summed E-state index contributed by atoms with van der Waals surface area (Å²) in [5, 5.41) is 10.1. The molecule has 434 valence electrons. The number of hydrogen-bond donors (Lipinski definition) is 0. The standard InChI is InChI=1S/C90H64N2/c1-3-19-69-61(15-1)17-13-25-83(69)91-85-23-7-5-21-75(85)77-51-63(39-45-87(77)91)57-27-31-59(32-28-57)65-35-41-71-73-43-37-67(55-81(73)89(79(71)53-65)47-9-10-48-89)68-38-44-74-72-42-36-66(54-80(72)90(82(74)56-68)49-11-12-50-90)60-33-29-58(30-34-60)64-40-46-88-78(52-64)76-22-6-8-24-86(76)92(88)84-26-14-18-62-16-2-4-20-70(62)84/h1-8,13-46,51-56H,9-12,47-50H2. The average molecular weight is 1170 g/mol. The predicted octanol–water partition coefficient (Wildman–Crippen LogP) is 24.2. The number of benzene rings is 14. The molecule has 2 fully saturated rings. The maximum Gasteiger partial charge on any atom is 0.0541 e. The van der Waals surface area contributed by atoms with Crippen LogP contribution in [0.4, 0.5) is 0 Å². The molecule has 0 bridgehead atoms. The number of fused-ring (bicyclic) bond motifs is 18. The summed E-state index contributed by atoms with van der Waals surface area (Å²) in [5.41, 5.74) is 32.0. The SMILES string of the molecule is c1ccc2c(-n3c4ccccc4c4cc(-c5ccc(-c6ccc7c(c6)C6(CCCC6)c6cc(-c8ccc9c(c8)C8(CCCC8)c8cc(-c%10ccc(-c%11ccc%12c(c%11)c%11ccccc%11n%12-c%11cccc%12ccccc%11%12)cc%10)ccc8-9)ccc6-7)cc5)ccc43)cccc2c1. The van der Waals surface area contributed by atoms with Gasteiger partial charge >= 0.3 is 0 Å². The minimum Gasteiger partial charge on any atom is -0.309 e. The Kier molecular flexibility index (Phi) is 11.2. The lowest BCUT2D eigenvalue weighted by molar-refractivity contribution is 0.549. The summed E-state index contributed by atoms with van der Waals surface area (Å²) >= 11 is 0. The monoisotopic (exact) mass is 1170 g/mol. The first-order valence-corrected chi connectivity index (χ1v) is 33.4. The Morgan fingerprint density at radius 2 is 0.478 bits per heavy atom. The highest BCUT2D eigenvalue weighted by Crippen LogP contribution is 2.60. The van der Waals surface area contributed by atoms with Crippen LogP contribution < -0.4 is 0 Å². The molecule has 14 aromatic carbocycles. The molecule has 2 aromatic heterocycles. The van der Waals surface area contributed by atoms with Gasteiger partial charge in [-0.05, 0) is 209 Å². The molecule has 92 heavy (non-hydrogen) atoms. The zero-order valence-electron chi connectivity index (χ0n) is 51.3. The van der Waals surface area contributed by atoms with Gasteiger partial charge < -0.3 is 9.13 Å². The van der Waals surface area contributed by atoms with Gasteiger partial charge in [-0.1, -0.05) is 244 Å². The molecule has 0 amide bonds. The summed E-state index contributed by atoms with van der Waals surface area (Å²) in [4.78, 5) is 0. The van der Waals surface area contributed by atoms with Crippen molar-refractivity contribution < 1.29 is 0 Å². The van der Waals surface area contributed by atoms with Crippen molar-refractivity contribution in [1.82, 2.24) is 9.13 Å². The number of hydrogen-bond acceptors (Lipinski definition) is 0. The van der Waals surface area contributed by atoms with Crippen molar-refractivity contribution in [3.8, 4) is 89.3 Å². The smallest absolute Gasteiger partial charge is 0.0541 e. The molecule has 16 aromatic rings. The Morgan fingerprint density at radius 1 is 0.207 bits per heavy atom. The molecule has 2 heterocycles. The van der Waals surface area contributed by atoms with Gasteiger partial charge in [0.1, 0.15) is 0 Å². The predicted molar refractivity (Wildman–Crippen MR) is 387 cm³/mol. The Bertz CT molecular complexity index is 5390. The third kappa shape index (κ3) is 7.55. The topological polar surface area (TPSA) is 9.86 Å². The van der Waals surface area contributed by atoms with Crippen molar-refractivity contribution in [2.45, 2.75) is 62.2 Å². The molecule has 2 spiro atoms. The van der Waals surface area contributed by atoms with Crippen LogP contribution in [0, 0.1) is 0 Å². The normalized spacial score (nSPS) is 15.0. The van der Waals surface area contributed by atoms with Crippen LogP contribution in [0.2, 0.25) is 0 Å². The van der Waals surface area contributed by atoms with E-state index in [1.54, 1.807) is 0 Å². The van der Waals surface area contributed by atoms with E-state index in [0.29, 0.717) is 0 Å². The van der Waals surface area contributed by atoms with Crippen molar-refractivity contribution in [2.24, 2.45) is 0 Å². The molecule has 2 heteroatoms. The summed E-state index contributed by atoms with van der Waals surface area (Å²) in [6.45, 7) is 0. The molecule has 0 saturated heterocycles. The Balaban J connectivity index is 0.589. The van der Waals surface area contributed by atoms with E-state index in [1.807, 2.05) is 0 Å². The third-order valence-electron chi connectivity index (χ3n) is 22.4. The molecule has 2 nitrogen and oxygen atoms in total. The summed E-state index contributed by atoms with van der Waals surface area (Å²) < 4.78 is 4.90. The lowest BCUT2D eigenvalue weighted by Crippen LogP contribution is -2.21. The largest absolute Gasteiger partial charge is 0.309 e. The zero-order valence-corrected chi connectivity index (χ0v) is 51.3. The summed E-state index contributed by atoms with van der Waals surface area (Å²) in [7, 11) is 0. The van der Waals surface area contributed by atoms with Gasteiger partial charge in [-0.25, -0.2) is 0 Å². The second-order valence-corrected chi connectivity index (χ2v) is 26.9. The molecule has 0 unspecified atom stereocenters. The van der Waals surface area contributed by atoms with Crippen molar-refractivity contribution in [2.75, 3.05) is 0 Å². The van der Waals surface area contributed by atoms with Crippen molar-refractivity contribution in [1.29, 1.82) is 0 Å². The van der Waals surface area contributed by atoms with Gasteiger partial charge in [-0.2, -0.15) is 0 Å². The van der Waals surface area contributed by atoms with Gasteiger partial charge in [0, 0.05) is 43.1 Å². The van der Waals surface area contributed by atoms with Crippen LogP contribution in [-0.2, 0) is 10.8 Å². The Labute approximate surface area is 535 Å². The third-order valence-corrected chi connectivity index (χ3v) is 22.4. The maximum atomic E-state index is 2.61. The molecule has 4 aliphatic carbocycles. The summed E-state index contributed by atoms with van der Waals surface area (Å²) in [6, 6.07) is 111. The van der Waals surface area contributed by atoms with Crippen LogP contribution in [0.3, 0.4) is 0 Å². The van der Waals surface area contributed by atoms with E-state index < -0.39 is 0 Å². The van der Waals surface area contributed by atoms with Gasteiger partial charge in [0.25, 0.3) is 0 Å². The van der Waals surface area contributed by atoms with E-state index in [-0.39, 0.29) is 10.8 Å². The molecule has 0 atom stereocenters. The number of rotatable bonds is 7. The van der Waals surface area contributed by atoms with Gasteiger partial charge in [0.15, 0.2) is 0 Å². The first-order valence-electron chi connectivity index (χ1n) is 33.4. The average Bonchev–Trinajstić information content (AvgIpc) is 1.58. The van der Waals surface area contributed by atoms with E-state index in [2.05, 4.69) is 300 Å². The molecule has 0 aliphatic heterocycles. The van der Waals surface area contributed by atoms with Gasteiger partial charge in [0.2, 0.25) is 0 Å². The first-order chi connectivity index (χ1) is 45.5. The Hall–Kier alpha value is -10.8. The van der Waals surface area contributed by atoms with Gasteiger partial charge in [0.05, 0.1) is 33.4 Å². The second-order valence-electron chi connectivity index (χ2n) is 26.9. The quantitative estimate of drug-likeness (QED) is 0.151. The van der Waals surface area contributed by atoms with E-state index >= 15 is 0 Å². The van der Waals surface area contributed by atoms with Crippen LogP contribution in [-0.4, -0.2) is 9.13 Å². The van der Waals surface area contributed by atoms with Crippen molar-refractivity contribution >= 4 is 65.2 Å². The van der Waals surface area contributed by atoms with E-state index in [1.165, 1.54) is 228 Å². The molecule has 0 radical (unpaired) electrons. The van der Waals surface area contributed by atoms with Crippen LogP contribution in [0.25, 0.3) is 154 Å². The van der Waals surface area contributed by atoms with E-state index in [4.69, 9.17) is 0 Å². The second kappa shape index (κ2) is 19.8. The number of aromatic nitrogens is 2. The molecule has 0 N–H and O–H groups in total. The minimum atomic E-state index is 0.0272. The lowest BCUT2D eigenvalue weighted by Gasteiger charge is -2.28. The van der Waals surface area contributed by atoms with Crippen LogP contribution >= 0.6 is 0 Å². The molecular weight excluding hydrogens is 1110 g/mol. The van der Waals surface area contributed by atoms with Crippen molar-refractivity contribution in [3.63, 3.8) is 0 Å². The summed E-state index contributed by atoms with van der Waals surface area (Å²) in [5.74, 6) is 0. The van der Waals surface area contributed by atoms with Gasteiger partial charge in [-0.15, -0.1) is 0 Å². The highest BCUT2D eigenvalue weighted by molar-refractivity contribution is 6.13. The number of nitrogens with zero attached hydrogens (tertiary/aromatic N) is 2. The molecule has 2 saturated carbocycles. The molecular formula is C90H64N2. The fourth-order valence-corrected chi connectivity index (χ4v) is 18.1. The fourth-order valence-electron chi connectivity index (χ4n) is 18.1. The van der Waals surface area contributed by atoms with Crippen molar-refractivity contribution in [3.05, 3.63) is 313 Å². The minimum absolute atomic E-state index is 0.0272. The van der Waals surface area contributed by atoms with Crippen LogP contribution in [0.5, 0.6) is 0 Å². The summed E-state index contributed by atoms with van der Waals surface area (Å²) in [6.07, 6.45) is 9.82. The number of para-hydroxylation sites is 2. The van der Waals surface area contributed by atoms with Crippen LogP contribution in [0.1, 0.15) is 73.6 Å². The lowest BCUT2D eigenvalue weighted by atomic mass is 9.75. The molecule has 20 rings (SSSR count). The fraction of sp³-hybridized carbons (Fsp3) is 0.111. The first kappa shape index (κ1) is 52.0. The van der Waals surface area contributed by atoms with Crippen LogP contribution in [0.15, 0.2) is 291 Å². The highest BCUT2D eigenvalue weighted by atomic mass is 15.0. The highest BCUT2D eigenvalue weighted by Gasteiger charge is 2.47. The molecule has 4 aliphatic rings. The zero-order chi connectivity index (χ0) is 60.2. The van der Waals surface area contributed by atoms with E-state index in [9.17, 15) is 0 Å². The van der Waals surface area contributed by atoms with E-state index in [0.717, 1.165) is 0 Å². The van der Waals surface area contributed by atoms with Gasteiger partial charge in [-0.3, -0.25) is 0 Å². The Morgan fingerprint density at radius 3 is 0.848 bits per heavy atom.